The van der Waals surface area contributed by atoms with Crippen LogP contribution in [-0.4, -0.2) is 22.7 Å². The summed E-state index contributed by atoms with van der Waals surface area (Å²) in [5.74, 6) is -3.45. The molecule has 0 aliphatic carbocycles. The Morgan fingerprint density at radius 2 is 2.00 bits per heavy atom. The molecule has 0 saturated heterocycles. The Kier molecular flexibility index (Phi) is 3.50. The molecule has 0 spiro atoms. The molecular formula is C4H6BrF3O. The maximum atomic E-state index is 12.0. The van der Waals surface area contributed by atoms with Crippen molar-refractivity contribution in [1.29, 1.82) is 0 Å². The second-order valence-electron chi connectivity index (χ2n) is 1.54. The van der Waals surface area contributed by atoms with Crippen molar-refractivity contribution in [2.24, 2.45) is 0 Å². The fourth-order valence-corrected chi connectivity index (χ4v) is 0.487. The number of halogens is 4. The van der Waals surface area contributed by atoms with Crippen LogP contribution in [-0.2, 0) is 0 Å². The van der Waals surface area contributed by atoms with E-state index in [4.69, 9.17) is 5.11 Å². The molecule has 1 atom stereocenters. The summed E-state index contributed by atoms with van der Waals surface area (Å²) in [7, 11) is 0. The molecule has 9 heavy (non-hydrogen) atoms. The first kappa shape index (κ1) is 9.23. The van der Waals surface area contributed by atoms with E-state index in [0.717, 1.165) is 0 Å². The zero-order valence-corrected chi connectivity index (χ0v) is 6.04. The summed E-state index contributed by atoms with van der Waals surface area (Å²) in [6.07, 6.45) is -0.848. The summed E-state index contributed by atoms with van der Waals surface area (Å²) in [4.78, 5) is 0. The molecule has 0 heterocycles. The molecule has 1 unspecified atom stereocenters. The van der Waals surface area contributed by atoms with Crippen LogP contribution in [0.3, 0.4) is 0 Å². The van der Waals surface area contributed by atoms with Crippen molar-refractivity contribution in [2.45, 2.75) is 17.4 Å². The molecule has 0 aliphatic rings. The predicted octanol–water partition coefficient (Wildman–Crippen LogP) is 1.69. The van der Waals surface area contributed by atoms with Gasteiger partial charge in [0.25, 0.3) is 5.92 Å². The summed E-state index contributed by atoms with van der Waals surface area (Å²) in [5.41, 5.74) is 0. The van der Waals surface area contributed by atoms with Crippen molar-refractivity contribution < 1.29 is 18.3 Å². The van der Waals surface area contributed by atoms with Crippen molar-refractivity contribution in [3.05, 3.63) is 0 Å². The van der Waals surface area contributed by atoms with Gasteiger partial charge >= 0.3 is 0 Å². The van der Waals surface area contributed by atoms with E-state index in [1.165, 1.54) is 0 Å². The monoisotopic (exact) mass is 206 g/mol. The Hall–Kier alpha value is 0.230. The van der Waals surface area contributed by atoms with Gasteiger partial charge in [-0.15, -0.1) is 0 Å². The van der Waals surface area contributed by atoms with Crippen LogP contribution < -0.4 is 0 Å². The Labute approximate surface area is 59.0 Å². The van der Waals surface area contributed by atoms with Gasteiger partial charge in [-0.2, -0.15) is 0 Å². The highest BCUT2D eigenvalue weighted by molar-refractivity contribution is 9.09. The molecular weight excluding hydrogens is 201 g/mol. The van der Waals surface area contributed by atoms with Crippen molar-refractivity contribution >= 4 is 15.9 Å². The van der Waals surface area contributed by atoms with Gasteiger partial charge in [-0.25, -0.2) is 13.2 Å². The lowest BCUT2D eigenvalue weighted by Gasteiger charge is -2.13. The number of hydrogen-bond donors (Lipinski definition) is 1. The van der Waals surface area contributed by atoms with Crippen LogP contribution in [0, 0.1) is 0 Å². The van der Waals surface area contributed by atoms with Crippen LogP contribution in [0.5, 0.6) is 0 Å². The molecule has 56 valence electrons. The van der Waals surface area contributed by atoms with Gasteiger partial charge in [-0.05, 0) is 15.9 Å². The largest absolute Gasteiger partial charge is 0.396 e. The van der Waals surface area contributed by atoms with Crippen LogP contribution >= 0.6 is 15.9 Å². The van der Waals surface area contributed by atoms with Gasteiger partial charge in [-0.3, -0.25) is 0 Å². The molecule has 0 aromatic rings. The van der Waals surface area contributed by atoms with E-state index in [-0.39, 0.29) is 0 Å². The minimum Gasteiger partial charge on any atom is -0.396 e. The average molecular weight is 207 g/mol. The zero-order chi connectivity index (χ0) is 7.49. The third-order valence-electron chi connectivity index (χ3n) is 0.764. The molecule has 0 radical (unpaired) electrons. The lowest BCUT2D eigenvalue weighted by molar-refractivity contribution is -0.0522. The summed E-state index contributed by atoms with van der Waals surface area (Å²) >= 11 is 2.07. The second-order valence-corrected chi connectivity index (χ2v) is 2.34. The van der Waals surface area contributed by atoms with E-state index in [9.17, 15) is 13.2 Å². The zero-order valence-electron chi connectivity index (χ0n) is 4.45. The van der Waals surface area contributed by atoms with E-state index in [0.29, 0.717) is 0 Å². The molecule has 0 aromatic heterocycles. The molecule has 0 aliphatic heterocycles. The van der Waals surface area contributed by atoms with E-state index in [2.05, 4.69) is 15.9 Å². The molecule has 0 saturated carbocycles. The molecule has 5 heteroatoms. The molecule has 0 bridgehead atoms. The Balaban J connectivity index is 3.70. The van der Waals surface area contributed by atoms with E-state index < -0.39 is 24.0 Å². The highest BCUT2D eigenvalue weighted by Gasteiger charge is 2.37. The molecule has 0 aromatic carbocycles. The number of alkyl halides is 4. The van der Waals surface area contributed by atoms with E-state index >= 15 is 0 Å². The van der Waals surface area contributed by atoms with Crippen LogP contribution in [0.25, 0.3) is 0 Å². The van der Waals surface area contributed by atoms with Crippen LogP contribution in [0.4, 0.5) is 13.2 Å². The molecule has 0 fully saturated rings. The smallest absolute Gasteiger partial charge is 0.290 e. The summed E-state index contributed by atoms with van der Waals surface area (Å²) in [5, 5.41) is 5.62. The number of aliphatic hydroxyl groups excluding tert-OH is 1. The first-order valence-corrected chi connectivity index (χ1v) is 3.19. The molecule has 1 N–H and O–H groups in total. The van der Waals surface area contributed by atoms with Gasteiger partial charge in [0.15, 0.2) is 0 Å². The molecule has 0 amide bonds. The number of rotatable bonds is 3. The van der Waals surface area contributed by atoms with Crippen LogP contribution in [0.2, 0.25) is 0 Å². The quantitative estimate of drug-likeness (QED) is 0.698. The number of aliphatic hydroxyl groups is 1. The molecule has 0 rings (SSSR count). The topological polar surface area (TPSA) is 20.2 Å². The lowest BCUT2D eigenvalue weighted by atomic mass is 10.3. The summed E-state index contributed by atoms with van der Waals surface area (Å²) in [6.45, 7) is -0.709. The first-order valence-electron chi connectivity index (χ1n) is 2.27. The Bertz CT molecular complexity index is 85.9. The first-order chi connectivity index (χ1) is 4.00. The summed E-state index contributed by atoms with van der Waals surface area (Å²) in [6, 6.07) is 0. The third-order valence-corrected chi connectivity index (χ3v) is 1.43. The minimum atomic E-state index is -3.45. The van der Waals surface area contributed by atoms with Crippen molar-refractivity contribution in [3.8, 4) is 0 Å². The van der Waals surface area contributed by atoms with Crippen molar-refractivity contribution in [2.75, 3.05) is 6.61 Å². The van der Waals surface area contributed by atoms with Crippen molar-refractivity contribution in [1.82, 2.24) is 0 Å². The maximum absolute atomic E-state index is 12.0. The highest BCUT2D eigenvalue weighted by atomic mass is 79.9. The van der Waals surface area contributed by atoms with Crippen LogP contribution in [0.1, 0.15) is 6.42 Å². The third kappa shape index (κ3) is 3.05. The SMILES string of the molecule is OCCC(F)(F)C(F)Br. The fourth-order valence-electron chi connectivity index (χ4n) is 0.258. The van der Waals surface area contributed by atoms with Gasteiger partial charge in [-0.1, -0.05) is 0 Å². The van der Waals surface area contributed by atoms with Gasteiger partial charge in [0.05, 0.1) is 0 Å². The Morgan fingerprint density at radius 1 is 1.56 bits per heavy atom. The predicted molar refractivity (Wildman–Crippen MR) is 30.5 cm³/mol. The maximum Gasteiger partial charge on any atom is 0.290 e. The van der Waals surface area contributed by atoms with E-state index in [1.54, 1.807) is 0 Å². The van der Waals surface area contributed by atoms with Gasteiger partial charge in [0, 0.05) is 13.0 Å². The highest BCUT2D eigenvalue weighted by Crippen LogP contribution is 2.28. The second kappa shape index (κ2) is 3.41. The Morgan fingerprint density at radius 3 is 2.11 bits per heavy atom. The summed E-state index contributed by atoms with van der Waals surface area (Å²) < 4.78 is 35.7. The average Bonchev–Trinajstić information content (AvgIpc) is 1.65. The lowest BCUT2D eigenvalue weighted by Crippen LogP contribution is -2.26. The van der Waals surface area contributed by atoms with Gasteiger partial charge in [0.1, 0.15) is 0 Å². The van der Waals surface area contributed by atoms with E-state index in [1.807, 2.05) is 0 Å². The molecule has 1 nitrogen and oxygen atoms in total. The van der Waals surface area contributed by atoms with Gasteiger partial charge in [0.2, 0.25) is 5.08 Å². The standard InChI is InChI=1S/C4H6BrF3O/c5-3(6)4(7,8)1-2-9/h3,9H,1-2H2. The van der Waals surface area contributed by atoms with Gasteiger partial charge < -0.3 is 5.11 Å². The minimum absolute atomic E-state index is 0.709. The number of hydrogen-bond acceptors (Lipinski definition) is 1. The van der Waals surface area contributed by atoms with Crippen LogP contribution in [0.15, 0.2) is 0 Å². The normalized spacial score (nSPS) is 15.7. The fraction of sp³-hybridized carbons (Fsp3) is 1.00. The van der Waals surface area contributed by atoms with Crippen molar-refractivity contribution in [3.63, 3.8) is 0 Å².